The van der Waals surface area contributed by atoms with Crippen molar-refractivity contribution in [3.8, 4) is 0 Å². The zero-order chi connectivity index (χ0) is 13.6. The Morgan fingerprint density at radius 1 is 1.00 bits per heavy atom. The van der Waals surface area contributed by atoms with Gasteiger partial charge >= 0.3 is 0 Å². The number of rotatable bonds is 2. The quantitative estimate of drug-likeness (QED) is 0.801. The van der Waals surface area contributed by atoms with Crippen molar-refractivity contribution in [3.63, 3.8) is 0 Å². The van der Waals surface area contributed by atoms with E-state index in [0.717, 1.165) is 12.1 Å². The molecule has 0 aromatic heterocycles. The lowest BCUT2D eigenvalue weighted by Gasteiger charge is -2.04. The van der Waals surface area contributed by atoms with E-state index in [9.17, 15) is 16.8 Å². The number of hydrogen-bond acceptors (Lipinski definition) is 4. The Balaban J connectivity index is 2.85. The maximum atomic E-state index is 11.1. The fourth-order valence-electron chi connectivity index (χ4n) is 1.52. The monoisotopic (exact) mass is 287 g/mol. The van der Waals surface area contributed by atoms with Crippen LogP contribution in [0.25, 0.3) is 10.8 Å². The topological polar surface area (TPSA) is 109 Å². The van der Waals surface area contributed by atoms with E-state index in [1.54, 1.807) is 0 Å². The lowest BCUT2D eigenvalue weighted by Crippen LogP contribution is -2.01. The Kier molecular flexibility index (Phi) is 2.90. The molecule has 6 nitrogen and oxygen atoms in total. The van der Waals surface area contributed by atoms with Crippen molar-refractivity contribution in [2.75, 3.05) is 0 Å². The highest BCUT2D eigenvalue weighted by molar-refractivity contribution is 7.86. The summed E-state index contributed by atoms with van der Waals surface area (Å²) in [5.41, 5.74) is 0. The number of fused-ring (bicyclic) bond motifs is 1. The van der Waals surface area contributed by atoms with Crippen LogP contribution in [0.1, 0.15) is 0 Å². The van der Waals surface area contributed by atoms with Gasteiger partial charge in [-0.1, -0.05) is 12.1 Å². The van der Waals surface area contributed by atoms with Gasteiger partial charge in [0.05, 0.1) is 4.90 Å². The van der Waals surface area contributed by atoms with Crippen LogP contribution in [-0.2, 0) is 20.2 Å². The van der Waals surface area contributed by atoms with Crippen molar-refractivity contribution in [1.82, 2.24) is 0 Å². The molecule has 0 aliphatic carbocycles. The van der Waals surface area contributed by atoms with Gasteiger partial charge in [-0.05, 0) is 29.7 Å². The van der Waals surface area contributed by atoms with Crippen LogP contribution in [-0.4, -0.2) is 25.9 Å². The molecule has 0 spiro atoms. The highest BCUT2D eigenvalue weighted by Gasteiger charge is 2.16. The predicted molar refractivity (Wildman–Crippen MR) is 62.4 cm³/mol. The summed E-state index contributed by atoms with van der Waals surface area (Å²) in [4.78, 5) is -0.774. The number of hydrogen-bond donors (Lipinski definition) is 2. The average Bonchev–Trinajstić information content (AvgIpc) is 2.25. The summed E-state index contributed by atoms with van der Waals surface area (Å²) in [5.74, 6) is 0. The predicted octanol–water partition coefficient (Wildman–Crippen LogP) is 1.13. The molecule has 2 aromatic rings. The van der Waals surface area contributed by atoms with Crippen molar-refractivity contribution in [1.29, 1.82) is 0 Å². The van der Waals surface area contributed by atoms with Gasteiger partial charge in [0, 0.05) is 5.39 Å². The SMILES string of the molecule is O=S(=O)(O)c1c[c]c2c(S(=O)(=O)O)cccc2c1. The van der Waals surface area contributed by atoms with Crippen LogP contribution in [0.3, 0.4) is 0 Å². The van der Waals surface area contributed by atoms with Crippen molar-refractivity contribution in [3.05, 3.63) is 36.4 Å². The van der Waals surface area contributed by atoms with Crippen LogP contribution in [0, 0.1) is 6.07 Å². The van der Waals surface area contributed by atoms with Gasteiger partial charge in [-0.3, -0.25) is 9.11 Å². The first-order valence-corrected chi connectivity index (χ1v) is 7.47. The molecule has 2 aromatic carbocycles. The van der Waals surface area contributed by atoms with Gasteiger partial charge in [0.1, 0.15) is 4.90 Å². The average molecular weight is 287 g/mol. The first-order chi connectivity index (χ1) is 8.19. The van der Waals surface area contributed by atoms with E-state index in [4.69, 9.17) is 9.11 Å². The van der Waals surface area contributed by atoms with E-state index in [2.05, 4.69) is 6.07 Å². The standard InChI is InChI=1S/C10H7O6S2/c11-17(12,13)8-4-5-9-7(6-8)2-1-3-10(9)18(14,15)16/h1-4,6H,(H,11,12,13)(H,14,15,16). The first-order valence-electron chi connectivity index (χ1n) is 4.59. The summed E-state index contributed by atoms with van der Waals surface area (Å²) in [6.45, 7) is 0. The first kappa shape index (κ1) is 13.0. The summed E-state index contributed by atoms with van der Waals surface area (Å²) in [6.07, 6.45) is 0. The third kappa shape index (κ3) is 2.36. The van der Waals surface area contributed by atoms with E-state index in [1.807, 2.05) is 0 Å². The van der Waals surface area contributed by atoms with E-state index < -0.39 is 25.1 Å². The van der Waals surface area contributed by atoms with Gasteiger partial charge < -0.3 is 0 Å². The van der Waals surface area contributed by atoms with E-state index >= 15 is 0 Å². The summed E-state index contributed by atoms with van der Waals surface area (Å²) < 4.78 is 61.9. The molecular weight excluding hydrogens is 280 g/mol. The maximum Gasteiger partial charge on any atom is 0.295 e. The van der Waals surface area contributed by atoms with Gasteiger partial charge in [-0.25, -0.2) is 0 Å². The second kappa shape index (κ2) is 4.02. The zero-order valence-corrected chi connectivity index (χ0v) is 10.4. The van der Waals surface area contributed by atoms with E-state index in [0.29, 0.717) is 0 Å². The Morgan fingerprint density at radius 2 is 1.67 bits per heavy atom. The molecule has 0 saturated heterocycles. The van der Waals surface area contributed by atoms with Crippen molar-refractivity contribution >= 4 is 31.0 Å². The fourth-order valence-corrected chi connectivity index (χ4v) is 2.69. The van der Waals surface area contributed by atoms with Crippen LogP contribution >= 0.6 is 0 Å². The van der Waals surface area contributed by atoms with Crippen LogP contribution in [0.5, 0.6) is 0 Å². The molecule has 0 saturated carbocycles. The Hall–Kier alpha value is -1.48. The molecule has 0 bridgehead atoms. The van der Waals surface area contributed by atoms with Gasteiger partial charge in [-0.2, -0.15) is 16.8 Å². The summed E-state index contributed by atoms with van der Waals surface area (Å²) in [7, 11) is -8.81. The van der Waals surface area contributed by atoms with E-state index in [-0.39, 0.29) is 15.7 Å². The zero-order valence-electron chi connectivity index (χ0n) is 8.73. The second-order valence-corrected chi connectivity index (χ2v) is 6.32. The molecule has 18 heavy (non-hydrogen) atoms. The van der Waals surface area contributed by atoms with Crippen molar-refractivity contribution in [2.45, 2.75) is 9.79 Å². The molecule has 0 fully saturated rings. The van der Waals surface area contributed by atoms with Gasteiger partial charge in [0.25, 0.3) is 20.2 Å². The molecule has 0 heterocycles. The molecule has 1 radical (unpaired) electrons. The number of benzene rings is 2. The highest BCUT2D eigenvalue weighted by Crippen LogP contribution is 2.24. The molecule has 95 valence electrons. The molecule has 2 rings (SSSR count). The minimum absolute atomic E-state index is 0.0485. The lowest BCUT2D eigenvalue weighted by molar-refractivity contribution is 0.482. The summed E-state index contributed by atoms with van der Waals surface area (Å²) in [5, 5.41) is 0.271. The smallest absolute Gasteiger partial charge is 0.282 e. The maximum absolute atomic E-state index is 11.1. The molecule has 0 atom stereocenters. The Bertz CT molecular complexity index is 821. The fraction of sp³-hybridized carbons (Fsp3) is 0. The van der Waals surface area contributed by atoms with Crippen molar-refractivity contribution < 1.29 is 25.9 Å². The second-order valence-electron chi connectivity index (χ2n) is 3.51. The van der Waals surface area contributed by atoms with Gasteiger partial charge in [-0.15, -0.1) is 0 Å². The lowest BCUT2D eigenvalue weighted by atomic mass is 10.1. The highest BCUT2D eigenvalue weighted by atomic mass is 32.2. The molecule has 2 N–H and O–H groups in total. The molecule has 0 aliphatic heterocycles. The molecule has 0 aliphatic rings. The molecule has 8 heteroatoms. The van der Waals surface area contributed by atoms with Crippen LogP contribution in [0.4, 0.5) is 0 Å². The Morgan fingerprint density at radius 3 is 2.22 bits per heavy atom. The van der Waals surface area contributed by atoms with Crippen LogP contribution in [0.15, 0.2) is 40.1 Å². The minimum atomic E-state index is -4.42. The van der Waals surface area contributed by atoms with Crippen LogP contribution in [0.2, 0.25) is 0 Å². The molecular formula is C10H7O6S2. The van der Waals surface area contributed by atoms with Gasteiger partial charge in [0.15, 0.2) is 0 Å². The molecule has 0 unspecified atom stereocenters. The Labute approximate surface area is 103 Å². The summed E-state index contributed by atoms with van der Waals surface area (Å²) >= 11 is 0. The third-order valence-electron chi connectivity index (χ3n) is 2.29. The molecule has 0 amide bonds. The third-order valence-corrected chi connectivity index (χ3v) is 4.02. The normalized spacial score (nSPS) is 12.8. The van der Waals surface area contributed by atoms with Gasteiger partial charge in [0.2, 0.25) is 0 Å². The largest absolute Gasteiger partial charge is 0.295 e. The van der Waals surface area contributed by atoms with Crippen molar-refractivity contribution in [2.24, 2.45) is 0 Å². The summed E-state index contributed by atoms with van der Waals surface area (Å²) in [6, 6.07) is 8.40. The minimum Gasteiger partial charge on any atom is -0.282 e. The van der Waals surface area contributed by atoms with E-state index in [1.165, 1.54) is 18.2 Å². The van der Waals surface area contributed by atoms with Crippen LogP contribution < -0.4 is 0 Å².